The van der Waals surface area contributed by atoms with Gasteiger partial charge in [-0.15, -0.1) is 0 Å². The van der Waals surface area contributed by atoms with Crippen molar-refractivity contribution < 1.29 is 14.2 Å². The third-order valence-corrected chi connectivity index (χ3v) is 8.57. The second-order valence-electron chi connectivity index (χ2n) is 7.17. The van der Waals surface area contributed by atoms with E-state index in [-0.39, 0.29) is 18.3 Å². The van der Waals surface area contributed by atoms with Gasteiger partial charge in [0.05, 0.1) is 0 Å². The molecule has 0 aromatic heterocycles. The molecule has 1 fully saturated rings. The van der Waals surface area contributed by atoms with E-state index in [0.717, 1.165) is 6.42 Å². The van der Waals surface area contributed by atoms with Gasteiger partial charge in [0.15, 0.2) is 0 Å². The zero-order valence-electron chi connectivity index (χ0n) is 16.0. The Morgan fingerprint density at radius 2 is 1.35 bits per heavy atom. The van der Waals surface area contributed by atoms with E-state index >= 15 is 0 Å². The topological polar surface area (TPSA) is 27.7 Å². The average Bonchev–Trinajstić information content (AvgIpc) is 2.69. The van der Waals surface area contributed by atoms with Gasteiger partial charge in [-0.25, -0.2) is 0 Å². The standard InChI is InChI=1S/C22H27O3.Sr.H/c1-3-20-22(25-16-19-12-8-5-9-13-19)21(17(2)14-23-20)24-15-18-10-6-4-7-11-18;;/h4-14,17,20-22H,3,15-16H2,1-2H3;;/t17?,20?,21-,22+;;/m0../s1. The van der Waals surface area contributed by atoms with Gasteiger partial charge in [-0.2, -0.15) is 0 Å². The van der Waals surface area contributed by atoms with Gasteiger partial charge in [0.25, 0.3) is 0 Å². The van der Waals surface area contributed by atoms with E-state index in [1.807, 2.05) is 12.1 Å². The molecular formula is C22H28O3Sr. The second kappa shape index (κ2) is 10.4. The molecule has 4 heteroatoms. The van der Waals surface area contributed by atoms with E-state index in [2.05, 4.69) is 62.4 Å². The van der Waals surface area contributed by atoms with E-state index in [4.69, 9.17) is 14.2 Å². The molecule has 0 N–H and O–H groups in total. The van der Waals surface area contributed by atoms with E-state index in [1.165, 1.54) is 11.1 Å². The molecule has 0 spiro atoms. The fraction of sp³-hybridized carbons (Fsp3) is 0.455. The number of ether oxygens (including phenoxy) is 3. The molecule has 0 aliphatic carbocycles. The molecule has 1 aliphatic rings. The summed E-state index contributed by atoms with van der Waals surface area (Å²) in [5, 5.41) is 0. The summed E-state index contributed by atoms with van der Waals surface area (Å²) < 4.78 is 19.5. The number of benzene rings is 2. The Labute approximate surface area is 186 Å². The molecule has 0 amide bonds. The monoisotopic (exact) mass is 428 g/mol. The molecule has 136 valence electrons. The number of hydrogen-bond donors (Lipinski definition) is 0. The Bertz CT molecular complexity index is 605. The Hall–Kier alpha value is -0.199. The molecule has 26 heavy (non-hydrogen) atoms. The van der Waals surface area contributed by atoms with Gasteiger partial charge in [0, 0.05) is 0 Å². The Morgan fingerprint density at radius 3 is 1.85 bits per heavy atom. The van der Waals surface area contributed by atoms with Crippen molar-refractivity contribution in [2.24, 2.45) is 5.92 Å². The third-order valence-electron chi connectivity index (χ3n) is 5.31. The van der Waals surface area contributed by atoms with Crippen LogP contribution in [0.5, 0.6) is 0 Å². The molecule has 0 bridgehead atoms. The van der Waals surface area contributed by atoms with Crippen LogP contribution in [0.3, 0.4) is 0 Å². The van der Waals surface area contributed by atoms with Crippen molar-refractivity contribution >= 4 is 43.3 Å². The summed E-state index contributed by atoms with van der Waals surface area (Å²) in [6.07, 6.45) is 1.11. The summed E-state index contributed by atoms with van der Waals surface area (Å²) in [6, 6.07) is 20.7. The van der Waals surface area contributed by atoms with Gasteiger partial charge >= 0.3 is 188 Å². The van der Waals surface area contributed by atoms with Crippen molar-refractivity contribution in [3.63, 3.8) is 0 Å². The molecule has 1 aliphatic heterocycles. The van der Waals surface area contributed by atoms with Gasteiger partial charge in [0.2, 0.25) is 0 Å². The van der Waals surface area contributed by atoms with Crippen LogP contribution in [0, 0.1) is 5.92 Å². The van der Waals surface area contributed by atoms with Crippen molar-refractivity contribution in [3.05, 3.63) is 71.8 Å². The van der Waals surface area contributed by atoms with Crippen molar-refractivity contribution in [2.45, 2.75) is 52.9 Å². The van der Waals surface area contributed by atoms with Crippen LogP contribution in [0.4, 0.5) is 0 Å². The SMILES string of the molecule is CCC1O[C@@H]([SrH])C(C)[C@H](OCc2ccccc2)[C@@H]1OCc1ccccc1. The first kappa shape index (κ1) is 20.5. The van der Waals surface area contributed by atoms with Gasteiger partial charge in [-0.05, 0) is 0 Å². The normalized spacial score (nSPS) is 28.7. The Balaban J connectivity index is 1.71. The Morgan fingerprint density at radius 1 is 0.846 bits per heavy atom. The molecule has 0 radical (unpaired) electrons. The summed E-state index contributed by atoms with van der Waals surface area (Å²) in [6.45, 7) is 5.65. The van der Waals surface area contributed by atoms with E-state index in [9.17, 15) is 0 Å². The van der Waals surface area contributed by atoms with Crippen LogP contribution >= 0.6 is 0 Å². The molecule has 2 aromatic carbocycles. The third kappa shape index (κ3) is 5.42. The van der Waals surface area contributed by atoms with E-state index in [0.29, 0.717) is 63.5 Å². The zero-order valence-corrected chi connectivity index (χ0v) is 20.9. The summed E-state index contributed by atoms with van der Waals surface area (Å²) in [7, 11) is 0. The minimum absolute atomic E-state index is 0.0265. The quantitative estimate of drug-likeness (QED) is 0.628. The van der Waals surface area contributed by atoms with Crippen LogP contribution in [-0.2, 0) is 27.4 Å². The predicted octanol–water partition coefficient (Wildman–Crippen LogP) is 3.83. The number of rotatable bonds is 7. The van der Waals surface area contributed by atoms with Crippen molar-refractivity contribution in [1.82, 2.24) is 0 Å². The molecular weight excluding hydrogens is 400 g/mol. The Kier molecular flexibility index (Phi) is 8.19. The summed E-state index contributed by atoms with van der Waals surface area (Å²) in [5.41, 5.74) is 2.40. The van der Waals surface area contributed by atoms with Crippen LogP contribution in [-0.4, -0.2) is 62.6 Å². The van der Waals surface area contributed by atoms with Crippen LogP contribution in [0.2, 0.25) is 0 Å². The molecule has 1 heterocycles. The van der Waals surface area contributed by atoms with Gasteiger partial charge in [0.1, 0.15) is 0 Å². The first-order chi connectivity index (χ1) is 12.7. The van der Waals surface area contributed by atoms with E-state index in [1.54, 1.807) is 0 Å². The second-order valence-corrected chi connectivity index (χ2v) is 9.97. The molecule has 3 nitrogen and oxygen atoms in total. The number of hydrogen-bond acceptors (Lipinski definition) is 3. The maximum atomic E-state index is 6.41. The fourth-order valence-electron chi connectivity index (χ4n) is 3.57. The van der Waals surface area contributed by atoms with Gasteiger partial charge < -0.3 is 0 Å². The zero-order chi connectivity index (χ0) is 18.4. The summed E-state index contributed by atoms with van der Waals surface area (Å²) in [4.78, 5) is 0. The van der Waals surface area contributed by atoms with E-state index < -0.39 is 0 Å². The first-order valence-corrected chi connectivity index (χ1v) is 12.5. The maximum absolute atomic E-state index is 6.41. The molecule has 0 saturated carbocycles. The molecule has 1 saturated heterocycles. The molecule has 2 unspecified atom stereocenters. The summed E-state index contributed by atoms with van der Waals surface area (Å²) >= 11 is 0.426. The van der Waals surface area contributed by atoms with Crippen molar-refractivity contribution in [1.29, 1.82) is 0 Å². The predicted molar refractivity (Wildman–Crippen MR) is 105 cm³/mol. The fourth-order valence-corrected chi connectivity index (χ4v) is 5.36. The minimum atomic E-state index is -0.0265. The van der Waals surface area contributed by atoms with Crippen molar-refractivity contribution in [3.8, 4) is 0 Å². The van der Waals surface area contributed by atoms with Crippen LogP contribution < -0.4 is 0 Å². The van der Waals surface area contributed by atoms with Gasteiger partial charge in [-0.1, -0.05) is 0 Å². The average molecular weight is 428 g/mol. The van der Waals surface area contributed by atoms with Crippen LogP contribution in [0.15, 0.2) is 60.7 Å². The van der Waals surface area contributed by atoms with Crippen molar-refractivity contribution in [2.75, 3.05) is 0 Å². The summed E-state index contributed by atoms with van der Waals surface area (Å²) in [5.74, 6) is 0.373. The first-order valence-electron chi connectivity index (χ1n) is 9.65. The molecule has 2 aromatic rings. The van der Waals surface area contributed by atoms with Gasteiger partial charge in [-0.3, -0.25) is 0 Å². The molecule has 5 atom stereocenters. The van der Waals surface area contributed by atoms with Crippen LogP contribution in [0.1, 0.15) is 31.4 Å². The molecule has 3 rings (SSSR count). The van der Waals surface area contributed by atoms with Crippen LogP contribution in [0.25, 0.3) is 0 Å².